The zero-order chi connectivity index (χ0) is 23.6. The summed E-state index contributed by atoms with van der Waals surface area (Å²) < 4.78 is 42.3. The van der Waals surface area contributed by atoms with Crippen molar-refractivity contribution in [1.82, 2.24) is 15.0 Å². The molecule has 1 amide bonds. The first-order chi connectivity index (χ1) is 15.7. The van der Waals surface area contributed by atoms with Gasteiger partial charge in [-0.15, -0.1) is 13.2 Å². The van der Waals surface area contributed by atoms with Crippen LogP contribution in [-0.4, -0.2) is 33.8 Å². The Morgan fingerprint density at radius 1 is 1.12 bits per heavy atom. The number of benzene rings is 2. The van der Waals surface area contributed by atoms with Crippen LogP contribution in [0.2, 0.25) is 0 Å². The molecule has 2 N–H and O–H groups in total. The van der Waals surface area contributed by atoms with Gasteiger partial charge in [0.2, 0.25) is 17.8 Å². The quantitative estimate of drug-likeness (QED) is 0.588. The summed E-state index contributed by atoms with van der Waals surface area (Å²) in [6.07, 6.45) is -3.01. The number of fused-ring (bicyclic) bond motifs is 1. The van der Waals surface area contributed by atoms with Gasteiger partial charge < -0.3 is 20.3 Å². The summed E-state index contributed by atoms with van der Waals surface area (Å²) >= 11 is 0. The van der Waals surface area contributed by atoms with Gasteiger partial charge in [0, 0.05) is 37.0 Å². The largest absolute Gasteiger partial charge is 0.573 e. The van der Waals surface area contributed by atoms with E-state index in [0.29, 0.717) is 42.7 Å². The topological polar surface area (TPSA) is 92.3 Å². The minimum Gasteiger partial charge on any atom is -0.405 e. The second kappa shape index (κ2) is 8.93. The Morgan fingerprint density at radius 3 is 2.64 bits per heavy atom. The van der Waals surface area contributed by atoms with E-state index in [2.05, 4.69) is 30.3 Å². The fraction of sp³-hybridized carbons (Fsp3) is 0.273. The third-order valence-corrected chi connectivity index (χ3v) is 5.18. The summed E-state index contributed by atoms with van der Waals surface area (Å²) in [5, 5.41) is 5.90. The van der Waals surface area contributed by atoms with Crippen LogP contribution in [0.25, 0.3) is 0 Å². The molecule has 1 aliphatic rings. The first-order valence-corrected chi connectivity index (χ1v) is 10.1. The standard InChI is InChI=1S/C22H21F3N6O2/c1-13-17(28-14(2)32)6-4-7-18(13)29-20-26-12-27-21(30-20)31-10-9-16-15(11-31)5-3-8-19(16)33-22(23,24)25/h3-8,12H,9-11H2,1-2H3,(H,28,32)(H,26,27,29,30). The van der Waals surface area contributed by atoms with E-state index in [-0.39, 0.29) is 11.7 Å². The second-order valence-corrected chi connectivity index (χ2v) is 7.51. The molecule has 33 heavy (non-hydrogen) atoms. The van der Waals surface area contributed by atoms with Crippen molar-refractivity contribution in [2.24, 2.45) is 0 Å². The number of carbonyl (C=O) groups excluding carboxylic acids is 1. The van der Waals surface area contributed by atoms with E-state index in [1.54, 1.807) is 18.2 Å². The van der Waals surface area contributed by atoms with Crippen molar-refractivity contribution in [2.75, 3.05) is 22.1 Å². The maximum Gasteiger partial charge on any atom is 0.573 e. The molecule has 0 fully saturated rings. The Balaban J connectivity index is 1.53. The minimum absolute atomic E-state index is 0.174. The number of halogens is 3. The minimum atomic E-state index is -4.74. The smallest absolute Gasteiger partial charge is 0.405 e. The molecule has 0 aliphatic carbocycles. The molecule has 2 heterocycles. The Labute approximate surface area is 187 Å². The van der Waals surface area contributed by atoms with Gasteiger partial charge in [-0.1, -0.05) is 18.2 Å². The monoisotopic (exact) mass is 458 g/mol. The molecule has 0 unspecified atom stereocenters. The molecule has 8 nitrogen and oxygen atoms in total. The molecule has 3 aromatic rings. The molecule has 1 aromatic heterocycles. The molecule has 11 heteroatoms. The van der Waals surface area contributed by atoms with Crippen LogP contribution >= 0.6 is 0 Å². The highest BCUT2D eigenvalue weighted by Crippen LogP contribution is 2.33. The zero-order valence-corrected chi connectivity index (χ0v) is 17.9. The maximum absolute atomic E-state index is 12.7. The van der Waals surface area contributed by atoms with Gasteiger partial charge in [-0.25, -0.2) is 9.97 Å². The molecule has 0 atom stereocenters. The van der Waals surface area contributed by atoms with Gasteiger partial charge in [0.1, 0.15) is 12.1 Å². The van der Waals surface area contributed by atoms with Gasteiger partial charge in [-0.2, -0.15) is 4.98 Å². The van der Waals surface area contributed by atoms with Crippen LogP contribution < -0.4 is 20.3 Å². The van der Waals surface area contributed by atoms with Gasteiger partial charge in [-0.3, -0.25) is 4.79 Å². The molecule has 0 bridgehead atoms. The van der Waals surface area contributed by atoms with Crippen LogP contribution in [0.1, 0.15) is 23.6 Å². The number of rotatable bonds is 5. The molecule has 2 aromatic carbocycles. The Kier molecular flexibility index (Phi) is 6.03. The number of anilines is 4. The molecule has 0 radical (unpaired) electrons. The third-order valence-electron chi connectivity index (χ3n) is 5.18. The Bertz CT molecular complexity index is 1190. The number of amides is 1. The average molecular weight is 458 g/mol. The van der Waals surface area contributed by atoms with E-state index in [9.17, 15) is 18.0 Å². The van der Waals surface area contributed by atoms with E-state index >= 15 is 0 Å². The van der Waals surface area contributed by atoms with E-state index < -0.39 is 6.36 Å². The van der Waals surface area contributed by atoms with Gasteiger partial charge in [0.25, 0.3) is 0 Å². The van der Waals surface area contributed by atoms with Crippen molar-refractivity contribution >= 4 is 29.2 Å². The number of alkyl halides is 3. The van der Waals surface area contributed by atoms with E-state index in [1.165, 1.54) is 25.4 Å². The SMILES string of the molecule is CC(=O)Nc1cccc(Nc2ncnc(N3CCc4c(cccc4OC(F)(F)F)C3)n2)c1C. The zero-order valence-electron chi connectivity index (χ0n) is 17.9. The van der Waals surface area contributed by atoms with Crippen molar-refractivity contribution in [3.05, 3.63) is 59.4 Å². The fourth-order valence-electron chi connectivity index (χ4n) is 3.68. The molecule has 4 rings (SSSR count). The number of nitrogens with one attached hydrogen (secondary N) is 2. The van der Waals surface area contributed by atoms with E-state index in [4.69, 9.17) is 0 Å². The highest BCUT2D eigenvalue weighted by atomic mass is 19.4. The van der Waals surface area contributed by atoms with Crippen molar-refractivity contribution < 1.29 is 22.7 Å². The molecule has 0 saturated carbocycles. The van der Waals surface area contributed by atoms with E-state index in [0.717, 1.165) is 16.8 Å². The van der Waals surface area contributed by atoms with Crippen LogP contribution in [0.15, 0.2) is 42.7 Å². The molecule has 0 saturated heterocycles. The van der Waals surface area contributed by atoms with Gasteiger partial charge >= 0.3 is 6.36 Å². The lowest BCUT2D eigenvalue weighted by Crippen LogP contribution is -2.32. The summed E-state index contributed by atoms with van der Waals surface area (Å²) in [5.74, 6) is 0.359. The van der Waals surface area contributed by atoms with Gasteiger partial charge in [0.15, 0.2) is 0 Å². The number of ether oxygens (including phenoxy) is 1. The van der Waals surface area contributed by atoms with Crippen molar-refractivity contribution in [3.63, 3.8) is 0 Å². The highest BCUT2D eigenvalue weighted by molar-refractivity contribution is 5.90. The van der Waals surface area contributed by atoms with Gasteiger partial charge in [-0.05, 0) is 42.7 Å². The summed E-state index contributed by atoms with van der Waals surface area (Å²) in [6.45, 7) is 4.06. The van der Waals surface area contributed by atoms with Crippen LogP contribution in [-0.2, 0) is 17.8 Å². The average Bonchev–Trinajstić information content (AvgIpc) is 2.75. The van der Waals surface area contributed by atoms with Crippen molar-refractivity contribution in [3.8, 4) is 5.75 Å². The molecular formula is C22H21F3N6O2. The van der Waals surface area contributed by atoms with Gasteiger partial charge in [0.05, 0.1) is 0 Å². The Morgan fingerprint density at radius 2 is 1.88 bits per heavy atom. The van der Waals surface area contributed by atoms with Crippen LogP contribution in [0, 0.1) is 6.92 Å². The number of nitrogens with zero attached hydrogens (tertiary/aromatic N) is 4. The fourth-order valence-corrected chi connectivity index (χ4v) is 3.68. The first kappa shape index (κ1) is 22.3. The van der Waals surface area contributed by atoms with Crippen LogP contribution in [0.4, 0.5) is 36.4 Å². The van der Waals surface area contributed by atoms with Crippen molar-refractivity contribution in [1.29, 1.82) is 0 Å². The third kappa shape index (κ3) is 5.30. The maximum atomic E-state index is 12.7. The summed E-state index contributed by atoms with van der Waals surface area (Å²) in [4.78, 5) is 26.1. The summed E-state index contributed by atoms with van der Waals surface area (Å²) in [6, 6.07) is 10.1. The highest BCUT2D eigenvalue weighted by Gasteiger charge is 2.33. The lowest BCUT2D eigenvalue weighted by molar-refractivity contribution is -0.274. The normalized spacial score (nSPS) is 13.3. The summed E-state index contributed by atoms with van der Waals surface area (Å²) in [5.41, 5.74) is 3.46. The van der Waals surface area contributed by atoms with E-state index in [1.807, 2.05) is 17.9 Å². The predicted octanol–water partition coefficient (Wildman–Crippen LogP) is 4.34. The lowest BCUT2D eigenvalue weighted by atomic mass is 9.99. The van der Waals surface area contributed by atoms with Crippen molar-refractivity contribution in [2.45, 2.75) is 33.2 Å². The molecule has 172 valence electrons. The Hall–Kier alpha value is -3.89. The molecular weight excluding hydrogens is 437 g/mol. The second-order valence-electron chi connectivity index (χ2n) is 7.51. The number of aromatic nitrogens is 3. The molecule has 0 spiro atoms. The number of hydrogen-bond donors (Lipinski definition) is 2. The molecule has 1 aliphatic heterocycles. The lowest BCUT2D eigenvalue weighted by Gasteiger charge is -2.30. The number of carbonyl (C=O) groups is 1. The van der Waals surface area contributed by atoms with Crippen LogP contribution in [0.5, 0.6) is 5.75 Å². The summed E-state index contributed by atoms with van der Waals surface area (Å²) in [7, 11) is 0. The first-order valence-electron chi connectivity index (χ1n) is 10.1. The predicted molar refractivity (Wildman–Crippen MR) is 116 cm³/mol. The number of hydrogen-bond acceptors (Lipinski definition) is 7. The van der Waals surface area contributed by atoms with Crippen LogP contribution in [0.3, 0.4) is 0 Å².